The summed E-state index contributed by atoms with van der Waals surface area (Å²) in [5, 5.41) is 17.1. The maximum Gasteiger partial charge on any atom is 0.275 e. The highest BCUT2D eigenvalue weighted by Gasteiger charge is 2.27. The molecule has 0 atom stereocenters. The van der Waals surface area contributed by atoms with Crippen LogP contribution in [0.4, 0.5) is 10.3 Å². The summed E-state index contributed by atoms with van der Waals surface area (Å²) >= 11 is 1.45. The molecule has 1 N–H and O–H groups in total. The van der Waals surface area contributed by atoms with Crippen molar-refractivity contribution in [2.75, 3.05) is 36.4 Å². The number of aromatic nitrogens is 4. The fourth-order valence-corrected chi connectivity index (χ4v) is 5.02. The maximum atomic E-state index is 12.6. The first-order valence-electron chi connectivity index (χ1n) is 10.3. The SMILES string of the molecule is CCn1nc(C)cc1C(=O)Nc1nnc(N2CCC(N3CCCCC3)CC2)s1. The minimum Gasteiger partial charge on any atom is -0.346 e. The third-order valence-corrected chi connectivity index (χ3v) is 6.61. The van der Waals surface area contributed by atoms with Crippen LogP contribution < -0.4 is 10.2 Å². The summed E-state index contributed by atoms with van der Waals surface area (Å²) in [5.41, 5.74) is 1.39. The Balaban J connectivity index is 1.34. The number of hydrogen-bond acceptors (Lipinski definition) is 7. The van der Waals surface area contributed by atoms with E-state index in [2.05, 4.69) is 30.4 Å². The summed E-state index contributed by atoms with van der Waals surface area (Å²) in [6, 6.07) is 2.51. The lowest BCUT2D eigenvalue weighted by Crippen LogP contribution is -2.46. The largest absolute Gasteiger partial charge is 0.346 e. The van der Waals surface area contributed by atoms with Crippen LogP contribution >= 0.6 is 11.3 Å². The first kappa shape index (κ1) is 19.3. The van der Waals surface area contributed by atoms with Gasteiger partial charge in [0.05, 0.1) is 5.69 Å². The zero-order chi connectivity index (χ0) is 19.5. The Hall–Kier alpha value is -2.00. The molecule has 0 aromatic carbocycles. The van der Waals surface area contributed by atoms with Crippen LogP contribution in [-0.2, 0) is 6.54 Å². The minimum atomic E-state index is -0.186. The standard InChI is InChI=1S/C19H29N7OS/c1-3-26-16(13-14(2)23-26)17(27)20-18-21-22-19(28-18)25-11-7-15(8-12-25)24-9-5-4-6-10-24/h13,15H,3-12H2,1-2H3,(H,20,21,27). The van der Waals surface area contributed by atoms with E-state index in [1.165, 1.54) is 56.5 Å². The molecule has 0 saturated carbocycles. The summed E-state index contributed by atoms with van der Waals surface area (Å²) in [7, 11) is 0. The van der Waals surface area contributed by atoms with Crippen molar-refractivity contribution in [3.63, 3.8) is 0 Å². The van der Waals surface area contributed by atoms with E-state index in [-0.39, 0.29) is 5.91 Å². The van der Waals surface area contributed by atoms with Crippen molar-refractivity contribution in [2.45, 2.75) is 58.5 Å². The molecule has 2 aliphatic rings. The van der Waals surface area contributed by atoms with Gasteiger partial charge >= 0.3 is 0 Å². The summed E-state index contributed by atoms with van der Waals surface area (Å²) in [4.78, 5) is 17.5. The average molecular weight is 404 g/mol. The predicted molar refractivity (Wildman–Crippen MR) is 111 cm³/mol. The Kier molecular flexibility index (Phi) is 5.91. The first-order chi connectivity index (χ1) is 13.6. The van der Waals surface area contributed by atoms with Gasteiger partial charge in [-0.2, -0.15) is 5.10 Å². The van der Waals surface area contributed by atoms with E-state index in [0.29, 0.717) is 23.4 Å². The molecule has 0 radical (unpaired) electrons. The van der Waals surface area contributed by atoms with Crippen molar-refractivity contribution in [3.05, 3.63) is 17.5 Å². The maximum absolute atomic E-state index is 12.6. The zero-order valence-electron chi connectivity index (χ0n) is 16.7. The van der Waals surface area contributed by atoms with Crippen LogP contribution in [0.3, 0.4) is 0 Å². The van der Waals surface area contributed by atoms with Crippen molar-refractivity contribution in [3.8, 4) is 0 Å². The monoisotopic (exact) mass is 403 g/mol. The van der Waals surface area contributed by atoms with Gasteiger partial charge in [-0.25, -0.2) is 0 Å². The second kappa shape index (κ2) is 8.57. The topological polar surface area (TPSA) is 79.2 Å². The number of rotatable bonds is 5. The lowest BCUT2D eigenvalue weighted by Gasteiger charge is -2.40. The lowest BCUT2D eigenvalue weighted by molar-refractivity contribution is 0.101. The van der Waals surface area contributed by atoms with E-state index >= 15 is 0 Å². The number of nitrogens with zero attached hydrogens (tertiary/aromatic N) is 6. The van der Waals surface area contributed by atoms with Gasteiger partial charge in [0.2, 0.25) is 10.3 Å². The van der Waals surface area contributed by atoms with E-state index < -0.39 is 0 Å². The number of hydrogen-bond donors (Lipinski definition) is 1. The minimum absolute atomic E-state index is 0.186. The molecule has 2 aromatic rings. The third kappa shape index (κ3) is 4.20. The van der Waals surface area contributed by atoms with E-state index in [0.717, 1.165) is 23.9 Å². The van der Waals surface area contributed by atoms with Crippen LogP contribution in [0.25, 0.3) is 0 Å². The fraction of sp³-hybridized carbons (Fsp3) is 0.684. The summed E-state index contributed by atoms with van der Waals surface area (Å²) in [5.74, 6) is -0.186. The Morgan fingerprint density at radius 3 is 2.64 bits per heavy atom. The van der Waals surface area contributed by atoms with Gasteiger partial charge in [0.15, 0.2) is 0 Å². The molecule has 8 nitrogen and oxygen atoms in total. The van der Waals surface area contributed by atoms with Crippen molar-refractivity contribution >= 4 is 27.5 Å². The highest BCUT2D eigenvalue weighted by Crippen LogP contribution is 2.29. The van der Waals surface area contributed by atoms with Gasteiger partial charge in [-0.15, -0.1) is 10.2 Å². The van der Waals surface area contributed by atoms with Gasteiger partial charge < -0.3 is 9.80 Å². The number of carbonyl (C=O) groups excluding carboxylic acids is 1. The Morgan fingerprint density at radius 2 is 1.93 bits per heavy atom. The molecule has 4 rings (SSSR count). The number of carbonyl (C=O) groups is 1. The molecule has 2 aliphatic heterocycles. The van der Waals surface area contributed by atoms with Crippen LogP contribution in [0.2, 0.25) is 0 Å². The van der Waals surface area contributed by atoms with Crippen molar-refractivity contribution in [1.29, 1.82) is 0 Å². The van der Waals surface area contributed by atoms with E-state index in [4.69, 9.17) is 0 Å². The number of amides is 1. The molecule has 152 valence electrons. The molecule has 9 heteroatoms. The third-order valence-electron chi connectivity index (χ3n) is 5.71. The Morgan fingerprint density at radius 1 is 1.18 bits per heavy atom. The molecule has 2 aromatic heterocycles. The Bertz CT molecular complexity index is 803. The lowest BCUT2D eigenvalue weighted by atomic mass is 10.0. The van der Waals surface area contributed by atoms with Crippen LogP contribution in [0.15, 0.2) is 6.07 Å². The second-order valence-corrected chi connectivity index (χ2v) is 8.60. The smallest absolute Gasteiger partial charge is 0.275 e. The van der Waals surface area contributed by atoms with E-state index in [1.807, 2.05) is 13.8 Å². The zero-order valence-corrected chi connectivity index (χ0v) is 17.5. The van der Waals surface area contributed by atoms with Gasteiger partial charge in [-0.3, -0.25) is 14.8 Å². The van der Waals surface area contributed by atoms with Crippen LogP contribution in [0.5, 0.6) is 0 Å². The summed E-state index contributed by atoms with van der Waals surface area (Å²) < 4.78 is 1.71. The van der Waals surface area contributed by atoms with E-state index in [9.17, 15) is 4.79 Å². The van der Waals surface area contributed by atoms with Crippen LogP contribution in [0, 0.1) is 6.92 Å². The first-order valence-corrected chi connectivity index (χ1v) is 11.1. The quantitative estimate of drug-likeness (QED) is 0.827. The Labute approximate surface area is 169 Å². The molecule has 2 saturated heterocycles. The molecule has 28 heavy (non-hydrogen) atoms. The molecule has 0 aliphatic carbocycles. The fourth-order valence-electron chi connectivity index (χ4n) is 4.23. The second-order valence-electron chi connectivity index (χ2n) is 7.65. The van der Waals surface area contributed by atoms with Crippen molar-refractivity contribution in [1.82, 2.24) is 24.9 Å². The van der Waals surface area contributed by atoms with Gasteiger partial charge in [0.25, 0.3) is 5.91 Å². The molecule has 1 amide bonds. The van der Waals surface area contributed by atoms with Crippen molar-refractivity contribution in [2.24, 2.45) is 0 Å². The normalized spacial score (nSPS) is 19.1. The number of piperidine rings is 2. The van der Waals surface area contributed by atoms with E-state index in [1.54, 1.807) is 10.7 Å². The van der Waals surface area contributed by atoms with Crippen LogP contribution in [-0.4, -0.2) is 63.0 Å². The molecule has 0 unspecified atom stereocenters. The highest BCUT2D eigenvalue weighted by molar-refractivity contribution is 7.19. The average Bonchev–Trinajstić information content (AvgIpc) is 3.35. The summed E-state index contributed by atoms with van der Waals surface area (Å²) in [6.45, 7) is 9.04. The highest BCUT2D eigenvalue weighted by atomic mass is 32.1. The molecule has 4 heterocycles. The van der Waals surface area contributed by atoms with Crippen LogP contribution in [0.1, 0.15) is 55.2 Å². The van der Waals surface area contributed by atoms with Gasteiger partial charge in [0, 0.05) is 25.7 Å². The van der Waals surface area contributed by atoms with Gasteiger partial charge in [-0.05, 0) is 58.7 Å². The number of nitrogens with one attached hydrogen (secondary N) is 1. The van der Waals surface area contributed by atoms with Gasteiger partial charge in [-0.1, -0.05) is 17.8 Å². The molecular weight excluding hydrogens is 374 g/mol. The predicted octanol–water partition coefficient (Wildman–Crippen LogP) is 2.77. The summed E-state index contributed by atoms with van der Waals surface area (Å²) in [6.07, 6.45) is 6.42. The molecular formula is C19H29N7OS. The number of aryl methyl sites for hydroxylation is 2. The van der Waals surface area contributed by atoms with Crippen molar-refractivity contribution < 1.29 is 4.79 Å². The number of anilines is 2. The molecule has 0 bridgehead atoms. The number of likely N-dealkylation sites (tertiary alicyclic amines) is 1. The molecule has 0 spiro atoms. The molecule has 2 fully saturated rings. The van der Waals surface area contributed by atoms with Gasteiger partial charge in [0.1, 0.15) is 5.69 Å².